The highest BCUT2D eigenvalue weighted by molar-refractivity contribution is 5.81. The van der Waals surface area contributed by atoms with E-state index in [0.29, 0.717) is 11.8 Å². The molecule has 5 nitrogen and oxygen atoms in total. The molecule has 0 radical (unpaired) electrons. The highest BCUT2D eigenvalue weighted by atomic mass is 16.5. The standard InChI is InChI=1S/C24H29N3O2/c1-16(2)19-8-4-7-11-22(19)29-17(3)24(28)27-14-12-18(13-15-27)23-25-20-9-5-6-10-21(20)26-23/h4-11,16-18H,12-15H2,1-3H3,(H,25,26). The van der Waals surface area contributed by atoms with E-state index in [4.69, 9.17) is 9.72 Å². The van der Waals surface area contributed by atoms with Crippen LogP contribution in [0.25, 0.3) is 11.0 Å². The van der Waals surface area contributed by atoms with Gasteiger partial charge in [0.25, 0.3) is 5.91 Å². The van der Waals surface area contributed by atoms with Gasteiger partial charge in [0.2, 0.25) is 0 Å². The summed E-state index contributed by atoms with van der Waals surface area (Å²) in [5.74, 6) is 2.62. The summed E-state index contributed by atoms with van der Waals surface area (Å²) < 4.78 is 6.06. The van der Waals surface area contributed by atoms with Crippen molar-refractivity contribution in [1.82, 2.24) is 14.9 Å². The zero-order valence-electron chi connectivity index (χ0n) is 17.4. The number of piperidine rings is 1. The van der Waals surface area contributed by atoms with Crippen LogP contribution in [0.1, 0.15) is 56.8 Å². The minimum absolute atomic E-state index is 0.0617. The van der Waals surface area contributed by atoms with Crippen molar-refractivity contribution in [2.24, 2.45) is 0 Å². The van der Waals surface area contributed by atoms with Gasteiger partial charge in [-0.3, -0.25) is 4.79 Å². The van der Waals surface area contributed by atoms with Gasteiger partial charge in [0.15, 0.2) is 6.10 Å². The first kappa shape index (κ1) is 19.5. The lowest BCUT2D eigenvalue weighted by molar-refractivity contribution is -0.139. The fourth-order valence-electron chi connectivity index (χ4n) is 4.10. The van der Waals surface area contributed by atoms with Crippen molar-refractivity contribution >= 4 is 16.9 Å². The van der Waals surface area contributed by atoms with E-state index in [-0.39, 0.29) is 5.91 Å². The average molecular weight is 392 g/mol. The molecule has 1 aromatic heterocycles. The van der Waals surface area contributed by atoms with Crippen LogP contribution in [0.4, 0.5) is 0 Å². The second kappa shape index (κ2) is 8.27. The summed E-state index contributed by atoms with van der Waals surface area (Å²) in [6.45, 7) is 7.60. The van der Waals surface area contributed by atoms with E-state index in [1.54, 1.807) is 0 Å². The van der Waals surface area contributed by atoms with Crippen molar-refractivity contribution < 1.29 is 9.53 Å². The second-order valence-corrected chi connectivity index (χ2v) is 8.19. The van der Waals surface area contributed by atoms with Gasteiger partial charge in [0.1, 0.15) is 11.6 Å². The summed E-state index contributed by atoms with van der Waals surface area (Å²) in [6.07, 6.45) is 1.35. The molecule has 1 amide bonds. The number of benzene rings is 2. The molecule has 1 aliphatic heterocycles. The number of rotatable bonds is 5. The molecule has 0 spiro atoms. The van der Waals surface area contributed by atoms with Crippen LogP contribution in [0.2, 0.25) is 0 Å². The van der Waals surface area contributed by atoms with Crippen LogP contribution in [0.5, 0.6) is 5.75 Å². The van der Waals surface area contributed by atoms with Crippen LogP contribution in [-0.4, -0.2) is 40.0 Å². The Hall–Kier alpha value is -2.82. The van der Waals surface area contributed by atoms with E-state index >= 15 is 0 Å². The molecule has 1 aliphatic rings. The maximum absolute atomic E-state index is 12.9. The highest BCUT2D eigenvalue weighted by Crippen LogP contribution is 2.29. The predicted molar refractivity (Wildman–Crippen MR) is 115 cm³/mol. The number of para-hydroxylation sites is 3. The number of hydrogen-bond acceptors (Lipinski definition) is 3. The Labute approximate surface area is 172 Å². The van der Waals surface area contributed by atoms with E-state index in [2.05, 4.69) is 31.0 Å². The molecule has 5 heteroatoms. The number of carbonyl (C=O) groups is 1. The lowest BCUT2D eigenvalue weighted by Crippen LogP contribution is -2.44. The Balaban J connectivity index is 1.37. The molecular formula is C24H29N3O2. The zero-order valence-corrected chi connectivity index (χ0v) is 17.4. The number of imidazole rings is 1. The highest BCUT2D eigenvalue weighted by Gasteiger charge is 2.29. The summed E-state index contributed by atoms with van der Waals surface area (Å²) in [5.41, 5.74) is 3.22. The molecule has 2 heterocycles. The van der Waals surface area contributed by atoms with Crippen molar-refractivity contribution in [3.05, 3.63) is 59.9 Å². The number of amides is 1. The minimum Gasteiger partial charge on any atom is -0.481 e. The molecule has 152 valence electrons. The first-order valence-corrected chi connectivity index (χ1v) is 10.5. The molecule has 3 aromatic rings. The maximum Gasteiger partial charge on any atom is 0.263 e. The summed E-state index contributed by atoms with van der Waals surface area (Å²) in [5, 5.41) is 0. The fourth-order valence-corrected chi connectivity index (χ4v) is 4.10. The lowest BCUT2D eigenvalue weighted by atomic mass is 9.96. The number of aromatic amines is 1. The number of nitrogens with zero attached hydrogens (tertiary/aromatic N) is 2. The van der Waals surface area contributed by atoms with Crippen LogP contribution in [0.15, 0.2) is 48.5 Å². The maximum atomic E-state index is 12.9. The van der Waals surface area contributed by atoms with Gasteiger partial charge in [-0.25, -0.2) is 4.98 Å². The largest absolute Gasteiger partial charge is 0.481 e. The number of fused-ring (bicyclic) bond motifs is 1. The van der Waals surface area contributed by atoms with Crippen LogP contribution < -0.4 is 4.74 Å². The molecule has 1 unspecified atom stereocenters. The topological polar surface area (TPSA) is 58.2 Å². The number of H-pyrrole nitrogens is 1. The van der Waals surface area contributed by atoms with Crippen LogP contribution in [0, 0.1) is 0 Å². The van der Waals surface area contributed by atoms with Crippen molar-refractivity contribution in [2.75, 3.05) is 13.1 Å². The third kappa shape index (κ3) is 4.14. The zero-order chi connectivity index (χ0) is 20.4. The smallest absolute Gasteiger partial charge is 0.263 e. The average Bonchev–Trinajstić information content (AvgIpc) is 3.18. The lowest BCUT2D eigenvalue weighted by Gasteiger charge is -2.33. The molecule has 0 aliphatic carbocycles. The van der Waals surface area contributed by atoms with Crippen molar-refractivity contribution in [1.29, 1.82) is 0 Å². The molecule has 29 heavy (non-hydrogen) atoms. The quantitative estimate of drug-likeness (QED) is 0.676. The number of ether oxygens (including phenoxy) is 1. The van der Waals surface area contributed by atoms with Crippen LogP contribution >= 0.6 is 0 Å². The second-order valence-electron chi connectivity index (χ2n) is 8.19. The van der Waals surface area contributed by atoms with E-state index in [0.717, 1.165) is 54.1 Å². The van der Waals surface area contributed by atoms with Gasteiger partial charge in [-0.05, 0) is 49.4 Å². The normalized spacial score (nSPS) is 16.3. The number of carbonyl (C=O) groups excluding carboxylic acids is 1. The number of hydrogen-bond donors (Lipinski definition) is 1. The minimum atomic E-state index is -0.488. The van der Waals surface area contributed by atoms with E-state index in [1.807, 2.05) is 48.2 Å². The SMILES string of the molecule is CC(Oc1ccccc1C(C)C)C(=O)N1CCC(c2nc3ccccc3[nH]2)CC1. The van der Waals surface area contributed by atoms with Gasteiger partial charge in [-0.1, -0.05) is 44.2 Å². The van der Waals surface area contributed by atoms with Gasteiger partial charge in [0.05, 0.1) is 11.0 Å². The Morgan fingerprint density at radius 2 is 1.76 bits per heavy atom. The molecule has 0 saturated carbocycles. The molecule has 0 bridgehead atoms. The van der Waals surface area contributed by atoms with Crippen molar-refractivity contribution in [2.45, 2.75) is 51.6 Å². The van der Waals surface area contributed by atoms with E-state index in [9.17, 15) is 4.79 Å². The Bertz CT molecular complexity index is 953. The summed E-state index contributed by atoms with van der Waals surface area (Å²) in [6, 6.07) is 16.1. The number of likely N-dealkylation sites (tertiary alicyclic amines) is 1. The first-order valence-electron chi connectivity index (χ1n) is 10.5. The molecule has 1 N–H and O–H groups in total. The molecule has 1 atom stereocenters. The van der Waals surface area contributed by atoms with Gasteiger partial charge in [-0.2, -0.15) is 0 Å². The third-order valence-corrected chi connectivity index (χ3v) is 5.79. The summed E-state index contributed by atoms with van der Waals surface area (Å²) in [7, 11) is 0. The Kier molecular flexibility index (Phi) is 5.56. The molecular weight excluding hydrogens is 362 g/mol. The van der Waals surface area contributed by atoms with Crippen molar-refractivity contribution in [3.8, 4) is 5.75 Å². The molecule has 4 rings (SSSR count). The monoisotopic (exact) mass is 391 g/mol. The number of nitrogens with one attached hydrogen (secondary N) is 1. The molecule has 2 aromatic carbocycles. The Morgan fingerprint density at radius 3 is 2.48 bits per heavy atom. The van der Waals surface area contributed by atoms with Gasteiger partial charge >= 0.3 is 0 Å². The fraction of sp³-hybridized carbons (Fsp3) is 0.417. The predicted octanol–water partition coefficient (Wildman–Crippen LogP) is 4.86. The van der Waals surface area contributed by atoms with Gasteiger partial charge in [-0.15, -0.1) is 0 Å². The Morgan fingerprint density at radius 1 is 1.07 bits per heavy atom. The molecule has 1 fully saturated rings. The summed E-state index contributed by atoms with van der Waals surface area (Å²) >= 11 is 0. The van der Waals surface area contributed by atoms with Crippen LogP contribution in [0.3, 0.4) is 0 Å². The van der Waals surface area contributed by atoms with E-state index in [1.165, 1.54) is 0 Å². The molecule has 1 saturated heterocycles. The van der Waals surface area contributed by atoms with Gasteiger partial charge < -0.3 is 14.6 Å². The first-order chi connectivity index (χ1) is 14.0. The summed E-state index contributed by atoms with van der Waals surface area (Å²) in [4.78, 5) is 23.1. The van der Waals surface area contributed by atoms with E-state index < -0.39 is 6.10 Å². The van der Waals surface area contributed by atoms with Gasteiger partial charge in [0, 0.05) is 19.0 Å². The third-order valence-electron chi connectivity index (χ3n) is 5.79. The number of aromatic nitrogens is 2. The van der Waals surface area contributed by atoms with Crippen molar-refractivity contribution in [3.63, 3.8) is 0 Å². The van der Waals surface area contributed by atoms with Crippen LogP contribution in [-0.2, 0) is 4.79 Å².